The van der Waals surface area contributed by atoms with E-state index in [4.69, 9.17) is 5.73 Å². The molecule has 0 aliphatic heterocycles. The van der Waals surface area contributed by atoms with Crippen molar-refractivity contribution in [2.75, 3.05) is 0 Å². The first-order valence-electron chi connectivity index (χ1n) is 6.84. The van der Waals surface area contributed by atoms with Crippen molar-refractivity contribution in [3.05, 3.63) is 47.0 Å². The molecule has 0 aliphatic carbocycles. The van der Waals surface area contributed by atoms with E-state index in [2.05, 4.69) is 9.97 Å². The largest absolute Gasteiger partial charge is 0.508 e. The van der Waals surface area contributed by atoms with E-state index in [1.54, 1.807) is 30.0 Å². The number of fused-ring (bicyclic) bond motifs is 1. The Balaban J connectivity index is 2.44. The van der Waals surface area contributed by atoms with Crippen LogP contribution in [-0.2, 0) is 0 Å². The summed E-state index contributed by atoms with van der Waals surface area (Å²) >= 11 is 0. The fourth-order valence-electron chi connectivity index (χ4n) is 2.65. The summed E-state index contributed by atoms with van der Waals surface area (Å²) in [5.74, 6) is 0.249. The Bertz CT molecular complexity index is 912. The molecular weight excluding hydrogens is 280 g/mol. The van der Waals surface area contributed by atoms with Crippen LogP contribution in [0.4, 0.5) is 0 Å². The molecule has 0 saturated carbocycles. The van der Waals surface area contributed by atoms with Crippen molar-refractivity contribution < 1.29 is 9.90 Å². The highest BCUT2D eigenvalue weighted by Crippen LogP contribution is 2.31. The number of nitrogens with two attached hydrogens (primary N) is 1. The summed E-state index contributed by atoms with van der Waals surface area (Å²) in [7, 11) is 0. The van der Waals surface area contributed by atoms with Crippen molar-refractivity contribution in [1.29, 1.82) is 0 Å². The lowest BCUT2D eigenvalue weighted by Crippen LogP contribution is -2.10. The van der Waals surface area contributed by atoms with E-state index in [1.165, 1.54) is 0 Å². The Labute approximate surface area is 127 Å². The van der Waals surface area contributed by atoms with E-state index in [-0.39, 0.29) is 5.75 Å². The molecule has 0 fully saturated rings. The lowest BCUT2D eigenvalue weighted by molar-refractivity contribution is 0.100. The number of hydrogen-bond donors (Lipinski definition) is 2. The second-order valence-electron chi connectivity index (χ2n) is 5.31. The fraction of sp³-hybridized carbons (Fsp3) is 0.188. The van der Waals surface area contributed by atoms with Crippen molar-refractivity contribution in [2.45, 2.75) is 20.8 Å². The van der Waals surface area contributed by atoms with Gasteiger partial charge in [-0.3, -0.25) is 9.36 Å². The lowest BCUT2D eigenvalue weighted by Gasteiger charge is -2.13. The zero-order valence-electron chi connectivity index (χ0n) is 12.6. The second-order valence-corrected chi connectivity index (χ2v) is 5.31. The number of aryl methyl sites for hydroxylation is 2. The van der Waals surface area contributed by atoms with Gasteiger partial charge in [0.25, 0.3) is 5.91 Å². The number of phenolic OH excluding ortho intramolecular Hbond substituents is 1. The molecule has 112 valence electrons. The number of aromatic nitrogens is 3. The molecule has 1 aromatic carbocycles. The molecule has 1 amide bonds. The van der Waals surface area contributed by atoms with Crippen LogP contribution in [0.2, 0.25) is 0 Å². The Hall–Kier alpha value is -2.89. The molecule has 0 saturated heterocycles. The zero-order chi connectivity index (χ0) is 16.0. The van der Waals surface area contributed by atoms with Crippen LogP contribution in [0.1, 0.15) is 27.3 Å². The number of nitrogens with zero attached hydrogens (tertiary/aromatic N) is 3. The van der Waals surface area contributed by atoms with Gasteiger partial charge in [-0.25, -0.2) is 9.97 Å². The van der Waals surface area contributed by atoms with Gasteiger partial charge in [-0.1, -0.05) is 6.07 Å². The van der Waals surface area contributed by atoms with Crippen molar-refractivity contribution in [1.82, 2.24) is 14.5 Å². The molecule has 3 aromatic rings. The third-order valence-electron chi connectivity index (χ3n) is 3.78. The van der Waals surface area contributed by atoms with Crippen LogP contribution in [0, 0.1) is 20.8 Å². The highest BCUT2D eigenvalue weighted by atomic mass is 16.3. The van der Waals surface area contributed by atoms with Crippen LogP contribution < -0.4 is 5.73 Å². The first kappa shape index (κ1) is 14.1. The van der Waals surface area contributed by atoms with Crippen LogP contribution in [0.3, 0.4) is 0 Å². The average molecular weight is 296 g/mol. The number of carbonyl (C=O) groups is 1. The maximum atomic E-state index is 11.7. The molecular formula is C16H16N4O2. The molecule has 0 aliphatic rings. The van der Waals surface area contributed by atoms with Crippen LogP contribution in [0.15, 0.2) is 24.5 Å². The Morgan fingerprint density at radius 1 is 1.27 bits per heavy atom. The van der Waals surface area contributed by atoms with Crippen molar-refractivity contribution >= 4 is 16.9 Å². The van der Waals surface area contributed by atoms with Gasteiger partial charge in [-0.15, -0.1) is 0 Å². The number of aromatic hydroxyl groups is 1. The molecule has 0 spiro atoms. The summed E-state index contributed by atoms with van der Waals surface area (Å²) in [6, 6.07) is 3.47. The number of rotatable bonds is 2. The van der Waals surface area contributed by atoms with E-state index in [0.29, 0.717) is 28.0 Å². The van der Waals surface area contributed by atoms with Gasteiger partial charge >= 0.3 is 0 Å². The third-order valence-corrected chi connectivity index (χ3v) is 3.78. The van der Waals surface area contributed by atoms with Crippen LogP contribution in [0.5, 0.6) is 5.75 Å². The molecule has 2 aromatic heterocycles. The molecule has 2 heterocycles. The first-order chi connectivity index (χ1) is 10.4. The van der Waals surface area contributed by atoms with E-state index < -0.39 is 5.91 Å². The van der Waals surface area contributed by atoms with Gasteiger partial charge in [0.05, 0.1) is 16.6 Å². The topological polar surface area (TPSA) is 94.0 Å². The molecule has 0 radical (unpaired) electrons. The fourth-order valence-corrected chi connectivity index (χ4v) is 2.65. The summed E-state index contributed by atoms with van der Waals surface area (Å²) < 4.78 is 1.79. The normalized spacial score (nSPS) is 11.0. The summed E-state index contributed by atoms with van der Waals surface area (Å²) in [6.07, 6.45) is 3.25. The van der Waals surface area contributed by atoms with E-state index in [9.17, 15) is 9.90 Å². The first-order valence-corrected chi connectivity index (χ1v) is 6.84. The van der Waals surface area contributed by atoms with Gasteiger partial charge in [-0.05, 0) is 32.4 Å². The van der Waals surface area contributed by atoms with Gasteiger partial charge < -0.3 is 10.8 Å². The summed E-state index contributed by atoms with van der Waals surface area (Å²) in [6.45, 7) is 5.54. The number of phenols is 1. The quantitative estimate of drug-likeness (QED) is 0.757. The summed E-state index contributed by atoms with van der Waals surface area (Å²) in [5, 5.41) is 10.6. The van der Waals surface area contributed by atoms with Gasteiger partial charge in [0.15, 0.2) is 0 Å². The highest BCUT2D eigenvalue weighted by Gasteiger charge is 2.18. The number of benzene rings is 1. The van der Waals surface area contributed by atoms with Crippen LogP contribution in [-0.4, -0.2) is 25.5 Å². The Morgan fingerprint density at radius 3 is 2.68 bits per heavy atom. The van der Waals surface area contributed by atoms with E-state index in [0.717, 1.165) is 11.3 Å². The predicted molar refractivity (Wildman–Crippen MR) is 83.3 cm³/mol. The highest BCUT2D eigenvalue weighted by molar-refractivity contribution is 6.05. The monoisotopic (exact) mass is 296 g/mol. The molecule has 3 N–H and O–H groups in total. The molecule has 6 heteroatoms. The number of amides is 1. The smallest absolute Gasteiger partial charge is 0.251 e. The lowest BCUT2D eigenvalue weighted by atomic mass is 10.1. The molecule has 22 heavy (non-hydrogen) atoms. The maximum absolute atomic E-state index is 11.7. The minimum Gasteiger partial charge on any atom is -0.508 e. The van der Waals surface area contributed by atoms with Crippen molar-refractivity contribution in [3.63, 3.8) is 0 Å². The summed E-state index contributed by atoms with van der Waals surface area (Å²) in [5.41, 5.74) is 8.87. The van der Waals surface area contributed by atoms with Crippen LogP contribution >= 0.6 is 0 Å². The zero-order valence-corrected chi connectivity index (χ0v) is 12.6. The van der Waals surface area contributed by atoms with Gasteiger partial charge in [0, 0.05) is 18.0 Å². The SMILES string of the molecule is Cc1ncc2c(C(N)=O)cn(-c3c(C)ccc(O)c3C)c2n1. The van der Waals surface area contributed by atoms with Gasteiger partial charge in [-0.2, -0.15) is 0 Å². The molecule has 3 rings (SSSR count). The molecule has 0 atom stereocenters. The second kappa shape index (κ2) is 4.84. The average Bonchev–Trinajstić information content (AvgIpc) is 2.82. The molecule has 0 unspecified atom stereocenters. The van der Waals surface area contributed by atoms with Crippen molar-refractivity contribution in [3.8, 4) is 11.4 Å². The third kappa shape index (κ3) is 2.00. The van der Waals surface area contributed by atoms with Crippen molar-refractivity contribution in [2.24, 2.45) is 5.73 Å². The minimum atomic E-state index is -0.535. The Morgan fingerprint density at radius 2 is 2.00 bits per heavy atom. The van der Waals surface area contributed by atoms with Crippen LogP contribution in [0.25, 0.3) is 16.7 Å². The number of carbonyl (C=O) groups excluding carboxylic acids is 1. The Kier molecular flexibility index (Phi) is 3.09. The van der Waals surface area contributed by atoms with E-state index >= 15 is 0 Å². The minimum absolute atomic E-state index is 0.189. The predicted octanol–water partition coefficient (Wildman–Crippen LogP) is 2.15. The standard InChI is InChI=1S/C16H16N4O2/c1-8-4-5-13(21)9(2)14(8)20-7-12(15(17)22)11-6-18-10(3)19-16(11)20/h4-7,21H,1-3H3,(H2,17,22). The number of primary amides is 1. The molecule has 6 nitrogen and oxygen atoms in total. The maximum Gasteiger partial charge on any atom is 0.251 e. The van der Waals surface area contributed by atoms with E-state index in [1.807, 2.05) is 19.9 Å². The summed E-state index contributed by atoms with van der Waals surface area (Å²) in [4.78, 5) is 20.3. The molecule has 0 bridgehead atoms. The van der Waals surface area contributed by atoms with Gasteiger partial charge in [0.2, 0.25) is 0 Å². The number of hydrogen-bond acceptors (Lipinski definition) is 4. The van der Waals surface area contributed by atoms with Gasteiger partial charge in [0.1, 0.15) is 17.2 Å².